The van der Waals surface area contributed by atoms with E-state index in [2.05, 4.69) is 4.18 Å². The molecule has 5 nitrogen and oxygen atoms in total. The van der Waals surface area contributed by atoms with Crippen molar-refractivity contribution in [3.8, 4) is 0 Å². The maximum atomic E-state index is 11.8. The molecule has 0 aromatic heterocycles. The number of hydrogen-bond acceptors (Lipinski definition) is 5. The molecule has 1 unspecified atom stereocenters. The molecule has 1 N–H and O–H groups in total. The van der Waals surface area contributed by atoms with Gasteiger partial charge in [0.15, 0.2) is 0 Å². The summed E-state index contributed by atoms with van der Waals surface area (Å²) in [5.41, 5.74) is 0. The Kier molecular flexibility index (Phi) is 5.55. The third-order valence-corrected chi connectivity index (χ3v) is 4.67. The summed E-state index contributed by atoms with van der Waals surface area (Å²) in [5, 5.41) is 0. The van der Waals surface area contributed by atoms with Gasteiger partial charge in [0.1, 0.15) is 4.90 Å². The zero-order valence-electron chi connectivity index (χ0n) is 9.07. The van der Waals surface area contributed by atoms with Gasteiger partial charge in [0.2, 0.25) is 0 Å². The largest absolute Gasteiger partial charge is 0.535 e. The molecular weight excluding hydrogens is 283 g/mol. The van der Waals surface area contributed by atoms with Crippen LogP contribution in [0.2, 0.25) is 0 Å². The molecule has 1 rings (SSSR count). The molecule has 1 atom stereocenters. The molecule has 1 aromatic carbocycles. The molecule has 0 radical (unpaired) electrons. The number of thioether (sulfide) groups is 1. The van der Waals surface area contributed by atoms with Crippen LogP contribution in [-0.2, 0) is 18.9 Å². The van der Waals surface area contributed by atoms with Crippen molar-refractivity contribution in [2.45, 2.75) is 16.7 Å². The van der Waals surface area contributed by atoms with Gasteiger partial charge in [-0.2, -0.15) is 13.3 Å². The highest BCUT2D eigenvalue weighted by atomic mass is 32.2. The van der Waals surface area contributed by atoms with Gasteiger partial charge < -0.3 is 0 Å². The summed E-state index contributed by atoms with van der Waals surface area (Å²) in [7, 11) is -6.60. The second-order valence-electron chi connectivity index (χ2n) is 2.93. The summed E-state index contributed by atoms with van der Waals surface area (Å²) in [6.07, 6.45) is -0.719. The molecule has 0 aliphatic heterocycles. The van der Waals surface area contributed by atoms with Crippen LogP contribution in [0.3, 0.4) is 0 Å². The average molecular weight is 295 g/mol. The van der Waals surface area contributed by atoms with Gasteiger partial charge in [-0.1, -0.05) is 19.1 Å². The Bertz CT molecular complexity index is 500. The lowest BCUT2D eigenvalue weighted by Crippen LogP contribution is -2.07. The van der Waals surface area contributed by atoms with Crippen molar-refractivity contribution in [2.75, 3.05) is 12.1 Å². The van der Waals surface area contributed by atoms with E-state index in [0.29, 0.717) is 4.90 Å². The van der Waals surface area contributed by atoms with Crippen LogP contribution in [0.5, 0.6) is 0 Å². The molecule has 0 aliphatic carbocycles. The summed E-state index contributed by atoms with van der Waals surface area (Å²) < 4.78 is 38.4. The number of hydrogen-bond donors (Lipinski definition) is 1. The maximum absolute atomic E-state index is 11.8. The van der Waals surface area contributed by atoms with Crippen molar-refractivity contribution in [3.05, 3.63) is 24.3 Å². The topological polar surface area (TPSA) is 80.7 Å². The van der Waals surface area contributed by atoms with Crippen molar-refractivity contribution in [2.24, 2.45) is 0 Å². The Morgan fingerprint density at radius 3 is 2.65 bits per heavy atom. The summed E-state index contributed by atoms with van der Waals surface area (Å²) in [4.78, 5) is 9.15. The first-order valence-corrected chi connectivity index (χ1v) is 8.51. The first kappa shape index (κ1) is 14.6. The van der Waals surface area contributed by atoms with E-state index in [1.807, 2.05) is 6.92 Å². The average Bonchev–Trinajstić information content (AvgIpc) is 2.28. The minimum absolute atomic E-state index is 0.0312. The number of rotatable bonds is 6. The fraction of sp³-hybridized carbons (Fsp3) is 0.333. The highest BCUT2D eigenvalue weighted by Gasteiger charge is 2.24. The Labute approximate surface area is 105 Å². The molecule has 1 aromatic rings. The van der Waals surface area contributed by atoms with Crippen molar-refractivity contribution >= 4 is 29.9 Å². The Balaban J connectivity index is 3.01. The molecule has 0 spiro atoms. The zero-order chi connectivity index (χ0) is 12.9. The van der Waals surface area contributed by atoms with Gasteiger partial charge in [-0.25, -0.2) is 4.18 Å². The molecule has 0 saturated carbocycles. The van der Waals surface area contributed by atoms with Crippen LogP contribution < -0.4 is 0 Å². The third kappa shape index (κ3) is 4.37. The monoisotopic (exact) mass is 295 g/mol. The second-order valence-corrected chi connectivity index (χ2v) is 6.79. The second kappa shape index (κ2) is 6.47. The van der Waals surface area contributed by atoms with Crippen LogP contribution in [0.1, 0.15) is 6.92 Å². The first-order chi connectivity index (χ1) is 7.97. The van der Waals surface area contributed by atoms with E-state index in [9.17, 15) is 13.0 Å². The van der Waals surface area contributed by atoms with Gasteiger partial charge in [0.05, 0.1) is 0 Å². The van der Waals surface area contributed by atoms with Crippen LogP contribution in [0.15, 0.2) is 34.1 Å². The molecule has 0 bridgehead atoms. The van der Waals surface area contributed by atoms with Crippen LogP contribution >= 0.6 is 19.8 Å². The quantitative estimate of drug-likeness (QED) is 0.492. The molecule has 94 valence electrons. The van der Waals surface area contributed by atoms with Gasteiger partial charge in [0, 0.05) is 4.90 Å². The summed E-state index contributed by atoms with van der Waals surface area (Å²) in [6, 6.07) is 6.39. The molecular formula is C9H12O5PS2+. The molecule has 8 heteroatoms. The van der Waals surface area contributed by atoms with Crippen molar-refractivity contribution in [3.63, 3.8) is 0 Å². The van der Waals surface area contributed by atoms with Gasteiger partial charge in [-0.3, -0.25) is 0 Å². The molecule has 0 aliphatic rings. The Morgan fingerprint density at radius 1 is 1.41 bits per heavy atom. The van der Waals surface area contributed by atoms with E-state index in [1.165, 1.54) is 17.8 Å². The van der Waals surface area contributed by atoms with Gasteiger partial charge in [0.25, 0.3) is 6.35 Å². The molecule has 0 amide bonds. The van der Waals surface area contributed by atoms with Crippen LogP contribution in [0.4, 0.5) is 0 Å². The zero-order valence-corrected chi connectivity index (χ0v) is 11.6. The maximum Gasteiger partial charge on any atom is 0.535 e. The van der Waals surface area contributed by atoms with Crippen molar-refractivity contribution < 1.29 is 22.1 Å². The van der Waals surface area contributed by atoms with E-state index in [0.717, 1.165) is 5.75 Å². The highest BCUT2D eigenvalue weighted by molar-refractivity contribution is 8.00. The molecule has 0 fully saturated rings. The third-order valence-electron chi connectivity index (χ3n) is 1.74. The van der Waals surface area contributed by atoms with E-state index in [1.54, 1.807) is 18.2 Å². The van der Waals surface area contributed by atoms with Gasteiger partial charge >= 0.3 is 18.1 Å². The van der Waals surface area contributed by atoms with E-state index < -0.39 is 24.5 Å². The Morgan fingerprint density at radius 2 is 2.06 bits per heavy atom. The lowest BCUT2D eigenvalue weighted by molar-refractivity contribution is 0.354. The van der Waals surface area contributed by atoms with Crippen molar-refractivity contribution in [1.29, 1.82) is 0 Å². The summed E-state index contributed by atoms with van der Waals surface area (Å²) in [6.45, 7) is 1.90. The normalized spacial score (nSPS) is 12.5. The van der Waals surface area contributed by atoms with Crippen LogP contribution in [0.25, 0.3) is 0 Å². The molecule has 17 heavy (non-hydrogen) atoms. The fourth-order valence-electron chi connectivity index (χ4n) is 1.11. The van der Waals surface area contributed by atoms with E-state index in [4.69, 9.17) is 4.89 Å². The smallest absolute Gasteiger partial charge is 0.213 e. The van der Waals surface area contributed by atoms with E-state index >= 15 is 0 Å². The fourth-order valence-corrected chi connectivity index (χ4v) is 3.89. The van der Waals surface area contributed by atoms with Gasteiger partial charge in [-0.05, 0) is 22.5 Å². The SMILES string of the molecule is CCSc1ccccc1S(=O)(=O)OC[P+](=O)O. The standard InChI is InChI=1S/C9H11O5PS2/c1-2-16-8-5-3-4-6-9(8)17(12,13)14-7-15(10)11/h3-6H,2,7H2,1H3/p+1. The predicted molar refractivity (Wildman–Crippen MR) is 65.8 cm³/mol. The molecule has 0 heterocycles. The van der Waals surface area contributed by atoms with Crippen LogP contribution in [0, 0.1) is 0 Å². The number of benzene rings is 1. The lowest BCUT2D eigenvalue weighted by Gasteiger charge is -2.06. The first-order valence-electron chi connectivity index (χ1n) is 4.72. The van der Waals surface area contributed by atoms with Crippen molar-refractivity contribution in [1.82, 2.24) is 0 Å². The van der Waals surface area contributed by atoms with Gasteiger partial charge in [-0.15, -0.1) is 11.8 Å². The Hall–Kier alpha value is -0.460. The van der Waals surface area contributed by atoms with Crippen LogP contribution in [-0.4, -0.2) is 25.4 Å². The summed E-state index contributed by atoms with van der Waals surface area (Å²) in [5.74, 6) is 0.723. The summed E-state index contributed by atoms with van der Waals surface area (Å²) >= 11 is 1.37. The highest BCUT2D eigenvalue weighted by Crippen LogP contribution is 2.28. The molecule has 0 saturated heterocycles. The minimum Gasteiger partial charge on any atom is -0.213 e. The minimum atomic E-state index is -3.97. The lowest BCUT2D eigenvalue weighted by atomic mass is 10.4. The van der Waals surface area contributed by atoms with E-state index in [-0.39, 0.29) is 4.90 Å². The predicted octanol–water partition coefficient (Wildman–Crippen LogP) is 2.20.